The van der Waals surface area contributed by atoms with E-state index in [4.69, 9.17) is 11.6 Å². The van der Waals surface area contributed by atoms with Gasteiger partial charge in [-0.25, -0.2) is 4.98 Å². The maximum atomic E-state index is 12.8. The molecule has 38 heavy (non-hydrogen) atoms. The first-order chi connectivity index (χ1) is 18.1. The monoisotopic (exact) mass is 534 g/mol. The lowest BCUT2D eigenvalue weighted by Crippen LogP contribution is -2.32. The number of rotatable bonds is 8. The first-order valence-corrected chi connectivity index (χ1v) is 12.5. The lowest BCUT2D eigenvalue weighted by molar-refractivity contribution is -0.0939. The van der Waals surface area contributed by atoms with Crippen molar-refractivity contribution in [3.63, 3.8) is 0 Å². The van der Waals surface area contributed by atoms with E-state index < -0.39 is 11.9 Å². The Bertz CT molecular complexity index is 1050. The molecule has 0 amide bonds. The Morgan fingerprint density at radius 3 is 2.34 bits per heavy atom. The molecule has 1 atom stereocenters. The van der Waals surface area contributed by atoms with Crippen LogP contribution in [0.25, 0.3) is 0 Å². The Morgan fingerprint density at radius 1 is 1.16 bits per heavy atom. The number of likely N-dealkylation sites (N-methyl/N-ethyl adjacent to an activating group) is 1. The summed E-state index contributed by atoms with van der Waals surface area (Å²) in [6, 6.07) is 14.6. The Balaban J connectivity index is 0.000000207. The van der Waals surface area contributed by atoms with Gasteiger partial charge in [0.15, 0.2) is 0 Å². The van der Waals surface area contributed by atoms with Crippen molar-refractivity contribution in [2.24, 2.45) is 11.6 Å². The fourth-order valence-electron chi connectivity index (χ4n) is 3.94. The average Bonchev–Trinajstić information content (AvgIpc) is 3.66. The Kier molecular flexibility index (Phi) is 12.3. The lowest BCUT2D eigenvalue weighted by atomic mass is 10.1. The second kappa shape index (κ2) is 15.1. The molecule has 1 unspecified atom stereocenters. The molecule has 1 aliphatic carbocycles. The lowest BCUT2D eigenvalue weighted by Gasteiger charge is -2.22. The molecule has 0 radical (unpaired) electrons. The molecular weight excluding hydrogens is 496 g/mol. The summed E-state index contributed by atoms with van der Waals surface area (Å²) in [5.41, 5.74) is 8.39. The molecule has 1 aromatic carbocycles. The van der Waals surface area contributed by atoms with Gasteiger partial charge in [-0.1, -0.05) is 49.1 Å². The van der Waals surface area contributed by atoms with Crippen LogP contribution < -0.4 is 22.3 Å². The third kappa shape index (κ3) is 10.2. The fourth-order valence-corrected chi connectivity index (χ4v) is 3.94. The van der Waals surface area contributed by atoms with E-state index in [1.54, 1.807) is 6.07 Å². The minimum atomic E-state index is -4.55. The van der Waals surface area contributed by atoms with Gasteiger partial charge in [-0.3, -0.25) is 10.7 Å². The Morgan fingerprint density at radius 2 is 1.84 bits per heavy atom. The van der Waals surface area contributed by atoms with Crippen LogP contribution in [0.4, 0.5) is 17.6 Å². The predicted octanol–water partition coefficient (Wildman–Crippen LogP) is 5.24. The SMILES string of the molecule is C=C(NCc1ccccc1)C1CCCN1C.C=CC/C(NN)=C(/N)C(F)(F)F.Fc1ncccc1C1CC1. The molecule has 208 valence electrons. The predicted molar refractivity (Wildman–Crippen MR) is 144 cm³/mol. The Labute approximate surface area is 222 Å². The minimum absolute atomic E-state index is 0.0398. The zero-order chi connectivity index (χ0) is 28.1. The van der Waals surface area contributed by atoms with E-state index >= 15 is 0 Å². The first kappa shape index (κ1) is 30.9. The van der Waals surface area contributed by atoms with Crippen LogP contribution in [0.1, 0.15) is 49.1 Å². The summed E-state index contributed by atoms with van der Waals surface area (Å²) in [5, 5.41) is 3.44. The highest BCUT2D eigenvalue weighted by molar-refractivity contribution is 5.21. The van der Waals surface area contributed by atoms with Gasteiger partial charge < -0.3 is 16.5 Å². The summed E-state index contributed by atoms with van der Waals surface area (Å²) in [5.74, 6) is 5.00. The maximum absolute atomic E-state index is 12.8. The van der Waals surface area contributed by atoms with E-state index in [0.29, 0.717) is 12.0 Å². The average molecular weight is 535 g/mol. The molecule has 0 spiro atoms. The molecule has 4 rings (SSSR count). The summed E-state index contributed by atoms with van der Waals surface area (Å²) in [6.07, 6.45) is 2.94. The summed E-state index contributed by atoms with van der Waals surface area (Å²) in [7, 11) is 2.17. The van der Waals surface area contributed by atoms with E-state index in [0.717, 1.165) is 30.6 Å². The molecule has 6 nitrogen and oxygen atoms in total. The third-order valence-electron chi connectivity index (χ3n) is 6.24. The summed E-state index contributed by atoms with van der Waals surface area (Å²) >= 11 is 0. The zero-order valence-corrected chi connectivity index (χ0v) is 21.8. The number of alkyl halides is 3. The highest BCUT2D eigenvalue weighted by Crippen LogP contribution is 2.40. The highest BCUT2D eigenvalue weighted by atomic mass is 19.4. The van der Waals surface area contributed by atoms with E-state index in [9.17, 15) is 17.6 Å². The molecule has 10 heteroatoms. The number of aromatic nitrogens is 1. The van der Waals surface area contributed by atoms with Gasteiger partial charge in [0.25, 0.3) is 0 Å². The van der Waals surface area contributed by atoms with Crippen molar-refractivity contribution < 1.29 is 17.6 Å². The molecule has 1 aromatic heterocycles. The summed E-state index contributed by atoms with van der Waals surface area (Å²) < 4.78 is 48.5. The zero-order valence-electron chi connectivity index (χ0n) is 21.8. The molecule has 6 N–H and O–H groups in total. The fraction of sp³-hybridized carbons (Fsp3) is 0.393. The third-order valence-corrected chi connectivity index (χ3v) is 6.24. The van der Waals surface area contributed by atoms with Gasteiger partial charge in [0.05, 0.1) is 5.70 Å². The van der Waals surface area contributed by atoms with Crippen LogP contribution in [-0.4, -0.2) is 35.7 Å². The maximum Gasteiger partial charge on any atom is 0.432 e. The molecule has 2 aromatic rings. The topological polar surface area (TPSA) is 92.2 Å². The summed E-state index contributed by atoms with van der Waals surface area (Å²) in [6.45, 7) is 9.48. The number of hydrogen-bond donors (Lipinski definition) is 4. The molecule has 2 heterocycles. The summed E-state index contributed by atoms with van der Waals surface area (Å²) in [4.78, 5) is 5.95. The van der Waals surface area contributed by atoms with Crippen LogP contribution in [0.2, 0.25) is 0 Å². The van der Waals surface area contributed by atoms with Crippen LogP contribution in [0.5, 0.6) is 0 Å². The number of allylic oxidation sites excluding steroid dienone is 2. The van der Waals surface area contributed by atoms with Gasteiger partial charge in [0.2, 0.25) is 5.95 Å². The van der Waals surface area contributed by atoms with Crippen molar-refractivity contribution >= 4 is 0 Å². The molecule has 1 saturated carbocycles. The van der Waals surface area contributed by atoms with E-state index in [2.05, 4.69) is 59.7 Å². The van der Waals surface area contributed by atoms with Gasteiger partial charge in [0.1, 0.15) is 5.70 Å². The number of pyridine rings is 1. The number of hydrogen-bond acceptors (Lipinski definition) is 6. The van der Waals surface area contributed by atoms with Crippen molar-refractivity contribution in [3.05, 3.63) is 102 Å². The number of hydrazine groups is 1. The normalized spacial score (nSPS) is 17.7. The molecule has 2 fully saturated rings. The number of halogens is 4. The van der Waals surface area contributed by atoms with Gasteiger partial charge in [-0.05, 0) is 56.8 Å². The molecule has 1 saturated heterocycles. The number of nitrogens with zero attached hydrogens (tertiary/aromatic N) is 2. The highest BCUT2D eigenvalue weighted by Gasteiger charge is 2.33. The van der Waals surface area contributed by atoms with Gasteiger partial charge >= 0.3 is 6.18 Å². The second-order valence-electron chi connectivity index (χ2n) is 9.19. The van der Waals surface area contributed by atoms with Gasteiger partial charge in [-0.15, -0.1) is 6.58 Å². The largest absolute Gasteiger partial charge is 0.432 e. The quantitative estimate of drug-likeness (QED) is 0.122. The second-order valence-corrected chi connectivity index (χ2v) is 9.19. The van der Waals surface area contributed by atoms with Crippen molar-refractivity contribution in [1.82, 2.24) is 20.6 Å². The number of nitrogens with one attached hydrogen (secondary N) is 2. The van der Waals surface area contributed by atoms with Crippen LogP contribution in [-0.2, 0) is 6.54 Å². The van der Waals surface area contributed by atoms with Crippen LogP contribution in [0, 0.1) is 5.95 Å². The smallest absolute Gasteiger partial charge is 0.393 e. The number of likely N-dealkylation sites (tertiary alicyclic amines) is 1. The van der Waals surface area contributed by atoms with Crippen LogP contribution >= 0.6 is 0 Å². The number of nitrogens with two attached hydrogens (primary N) is 2. The van der Waals surface area contributed by atoms with E-state index in [1.807, 2.05) is 17.6 Å². The van der Waals surface area contributed by atoms with E-state index in [1.165, 1.54) is 37.2 Å². The van der Waals surface area contributed by atoms with Gasteiger partial charge in [0, 0.05) is 36.5 Å². The van der Waals surface area contributed by atoms with Gasteiger partial charge in [-0.2, -0.15) is 17.6 Å². The number of benzene rings is 1. The first-order valence-electron chi connectivity index (χ1n) is 12.5. The molecular formula is C28H38F4N6. The van der Waals surface area contributed by atoms with Crippen molar-refractivity contribution in [1.29, 1.82) is 0 Å². The van der Waals surface area contributed by atoms with Crippen molar-refractivity contribution in [2.75, 3.05) is 13.6 Å². The molecule has 0 bridgehead atoms. The minimum Gasteiger partial charge on any atom is -0.393 e. The van der Waals surface area contributed by atoms with E-state index in [-0.39, 0.29) is 18.1 Å². The molecule has 2 aliphatic rings. The van der Waals surface area contributed by atoms with Crippen LogP contribution in [0.15, 0.2) is 85.0 Å². The van der Waals surface area contributed by atoms with Crippen molar-refractivity contribution in [3.8, 4) is 0 Å². The Hall–Kier alpha value is -3.37. The standard InChI is InChI=1S/C14H20N2.C8H8FN.C6H10F3N3/c1-12(14-9-6-10-16(14)2)15-11-13-7-4-3-5-8-13;9-8-7(6-3-4-6)2-1-5-10-8;1-2-3-4(12-11)5(10)6(7,8)9/h3-5,7-8,14-15H,1,6,9-11H2,2H3;1-2,5-6H,3-4H2;2,12H,1,3,10-11H2/b;;5-4-. The van der Waals surface area contributed by atoms with Crippen LogP contribution in [0.3, 0.4) is 0 Å². The van der Waals surface area contributed by atoms with Crippen molar-refractivity contribution in [2.45, 2.75) is 56.8 Å². The molecule has 1 aliphatic heterocycles.